The van der Waals surface area contributed by atoms with E-state index in [1.165, 1.54) is 0 Å². The molecule has 0 atom stereocenters. The first kappa shape index (κ1) is 25.9. The van der Waals surface area contributed by atoms with E-state index in [0.717, 1.165) is 28.3 Å². The molecule has 3 rings (SSSR count). The second-order valence-electron chi connectivity index (χ2n) is 8.58. The summed E-state index contributed by atoms with van der Waals surface area (Å²) in [7, 11) is 3.80. The number of pyridine rings is 1. The highest BCUT2D eigenvalue weighted by Gasteiger charge is 2.20. The van der Waals surface area contributed by atoms with Gasteiger partial charge in [0, 0.05) is 44.6 Å². The summed E-state index contributed by atoms with van der Waals surface area (Å²) >= 11 is 5.68. The number of aliphatic imine (C=N–C) groups is 1. The van der Waals surface area contributed by atoms with E-state index >= 15 is 0 Å². The van der Waals surface area contributed by atoms with E-state index < -0.39 is 0 Å². The molecule has 0 bridgehead atoms. The number of nitrogens with two attached hydrogens (primary N) is 1. The van der Waals surface area contributed by atoms with Crippen molar-refractivity contribution >= 4 is 28.7 Å². The number of hydrogen-bond donors (Lipinski definition) is 3. The van der Waals surface area contributed by atoms with Crippen LogP contribution in [0.15, 0.2) is 95.4 Å². The van der Waals surface area contributed by atoms with Crippen LogP contribution in [-0.4, -0.2) is 36.4 Å². The van der Waals surface area contributed by atoms with Crippen LogP contribution in [0.2, 0.25) is 0 Å². The molecule has 0 amide bonds. The van der Waals surface area contributed by atoms with E-state index in [4.69, 9.17) is 18.0 Å². The molecule has 182 valence electrons. The molecule has 0 spiro atoms. The number of amidine groups is 1. The topological polar surface area (TPSA) is 78.6 Å². The molecule has 0 aliphatic heterocycles. The number of likely N-dealkylation sites (N-methyl/N-ethyl adjacent to an activating group) is 1. The van der Waals surface area contributed by atoms with Crippen molar-refractivity contribution in [2.75, 3.05) is 25.5 Å². The molecular weight excluding hydrogens is 452 g/mol. The number of hydrogen-bond acceptors (Lipinski definition) is 5. The lowest BCUT2D eigenvalue weighted by Gasteiger charge is -2.27. The van der Waals surface area contributed by atoms with Gasteiger partial charge in [0.05, 0.1) is 11.3 Å². The molecule has 0 saturated heterocycles. The van der Waals surface area contributed by atoms with Gasteiger partial charge in [-0.1, -0.05) is 74.6 Å². The third-order valence-electron chi connectivity index (χ3n) is 5.43. The van der Waals surface area contributed by atoms with Gasteiger partial charge in [0.2, 0.25) is 0 Å². The molecule has 0 unspecified atom stereocenters. The van der Waals surface area contributed by atoms with Crippen LogP contribution in [0.5, 0.6) is 0 Å². The molecule has 3 aromatic rings. The number of aromatic nitrogens is 1. The first-order chi connectivity index (χ1) is 16.9. The van der Waals surface area contributed by atoms with Gasteiger partial charge in [-0.15, -0.1) is 0 Å². The Labute approximate surface area is 214 Å². The molecule has 4 N–H and O–H groups in total. The Bertz CT molecular complexity index is 1160. The molecule has 35 heavy (non-hydrogen) atoms. The van der Waals surface area contributed by atoms with Crippen LogP contribution in [0.3, 0.4) is 0 Å². The van der Waals surface area contributed by atoms with Crippen LogP contribution >= 0.6 is 12.2 Å². The molecule has 7 heteroatoms. The lowest BCUT2D eigenvalue weighted by molar-refractivity contribution is 0.665. The molecule has 0 aliphatic rings. The zero-order chi connectivity index (χ0) is 25.2. The first-order valence-electron chi connectivity index (χ1n) is 11.7. The maximum atomic E-state index is 6.50. The highest BCUT2D eigenvalue weighted by Crippen LogP contribution is 2.21. The van der Waals surface area contributed by atoms with E-state index in [9.17, 15) is 0 Å². The van der Waals surface area contributed by atoms with Crippen molar-refractivity contribution < 1.29 is 0 Å². The lowest BCUT2D eigenvalue weighted by Crippen LogP contribution is -2.38. The van der Waals surface area contributed by atoms with Crippen LogP contribution in [-0.2, 0) is 6.54 Å². The minimum absolute atomic E-state index is 0.388. The van der Waals surface area contributed by atoms with Crippen molar-refractivity contribution in [3.05, 3.63) is 96.0 Å². The monoisotopic (exact) mass is 486 g/mol. The SMILES string of the molecule is CNC(=S)/C(C(N)=NCC(C)C)=C(/NCc1ccc(-c2ccccn2)cc1)N(C)c1ccccc1. The van der Waals surface area contributed by atoms with Gasteiger partial charge in [-0.25, -0.2) is 0 Å². The minimum Gasteiger partial charge on any atom is -0.383 e. The van der Waals surface area contributed by atoms with Crippen molar-refractivity contribution in [1.29, 1.82) is 0 Å². The fraction of sp³-hybridized carbons (Fsp3) is 0.250. The summed E-state index contributed by atoms with van der Waals surface area (Å²) in [5.74, 6) is 1.59. The van der Waals surface area contributed by atoms with E-state index in [-0.39, 0.29) is 0 Å². The summed E-state index contributed by atoms with van der Waals surface area (Å²) in [6.45, 7) is 5.43. The molecule has 0 aliphatic carbocycles. The smallest absolute Gasteiger partial charge is 0.132 e. The number of nitrogens with zero attached hydrogens (tertiary/aromatic N) is 3. The third kappa shape index (κ3) is 7.13. The molecule has 2 aromatic carbocycles. The second-order valence-corrected chi connectivity index (χ2v) is 8.99. The normalized spacial score (nSPS) is 12.2. The van der Waals surface area contributed by atoms with Crippen LogP contribution in [0, 0.1) is 5.92 Å². The predicted molar refractivity (Wildman–Crippen MR) is 151 cm³/mol. The zero-order valence-electron chi connectivity index (χ0n) is 20.8. The van der Waals surface area contributed by atoms with Gasteiger partial charge in [-0.2, -0.15) is 0 Å². The highest BCUT2D eigenvalue weighted by molar-refractivity contribution is 7.80. The van der Waals surface area contributed by atoms with E-state index in [1.807, 2.05) is 55.6 Å². The molecule has 0 fully saturated rings. The summed E-state index contributed by atoms with van der Waals surface area (Å²) in [6, 6.07) is 24.4. The molecule has 0 saturated carbocycles. The van der Waals surface area contributed by atoms with Gasteiger partial charge in [0.25, 0.3) is 0 Å². The van der Waals surface area contributed by atoms with Gasteiger partial charge in [-0.05, 0) is 35.7 Å². The summed E-state index contributed by atoms with van der Waals surface area (Å²) in [5.41, 5.74) is 11.3. The third-order valence-corrected chi connectivity index (χ3v) is 5.84. The molecule has 0 radical (unpaired) electrons. The fourth-order valence-corrected chi connectivity index (χ4v) is 3.70. The summed E-state index contributed by atoms with van der Waals surface area (Å²) in [5, 5.41) is 6.66. The van der Waals surface area contributed by atoms with Crippen LogP contribution in [0.25, 0.3) is 11.3 Å². The van der Waals surface area contributed by atoms with E-state index in [1.54, 1.807) is 13.2 Å². The summed E-state index contributed by atoms with van der Waals surface area (Å²) < 4.78 is 0. The van der Waals surface area contributed by atoms with Crippen molar-refractivity contribution in [2.45, 2.75) is 20.4 Å². The Morgan fingerprint density at radius 2 is 1.71 bits per heavy atom. The van der Waals surface area contributed by atoms with E-state index in [2.05, 4.69) is 63.6 Å². The van der Waals surface area contributed by atoms with Gasteiger partial charge < -0.3 is 21.3 Å². The number of benzene rings is 2. The van der Waals surface area contributed by atoms with Crippen molar-refractivity contribution in [2.24, 2.45) is 16.6 Å². The maximum absolute atomic E-state index is 6.50. The number of para-hydroxylation sites is 1. The Hall–Kier alpha value is -3.71. The van der Waals surface area contributed by atoms with Crippen molar-refractivity contribution in [3.63, 3.8) is 0 Å². The van der Waals surface area contributed by atoms with Gasteiger partial charge in [0.1, 0.15) is 16.6 Å². The van der Waals surface area contributed by atoms with Gasteiger partial charge >= 0.3 is 0 Å². The number of thiocarbonyl (C=S) groups is 1. The molecular formula is C28H34N6S. The number of rotatable bonds is 10. The Kier molecular flexibility index (Phi) is 9.38. The van der Waals surface area contributed by atoms with Gasteiger partial charge in [-0.3, -0.25) is 9.98 Å². The largest absolute Gasteiger partial charge is 0.383 e. The molecule has 1 aromatic heterocycles. The van der Waals surface area contributed by atoms with Crippen molar-refractivity contribution in [1.82, 2.24) is 15.6 Å². The summed E-state index contributed by atoms with van der Waals surface area (Å²) in [6.07, 6.45) is 1.80. The lowest BCUT2D eigenvalue weighted by atomic mass is 10.1. The zero-order valence-corrected chi connectivity index (χ0v) is 21.6. The molecule has 6 nitrogen and oxygen atoms in total. The number of anilines is 1. The first-order valence-corrected chi connectivity index (χ1v) is 12.1. The average molecular weight is 487 g/mol. The Balaban J connectivity index is 1.96. The fourth-order valence-electron chi connectivity index (χ4n) is 3.50. The van der Waals surface area contributed by atoms with Crippen molar-refractivity contribution in [3.8, 4) is 11.3 Å². The minimum atomic E-state index is 0.388. The Morgan fingerprint density at radius 1 is 1.03 bits per heavy atom. The Morgan fingerprint density at radius 3 is 2.31 bits per heavy atom. The van der Waals surface area contributed by atoms with Crippen LogP contribution < -0.4 is 21.3 Å². The maximum Gasteiger partial charge on any atom is 0.132 e. The molecule has 1 heterocycles. The summed E-state index contributed by atoms with van der Waals surface area (Å²) in [4.78, 5) is 11.6. The van der Waals surface area contributed by atoms with Crippen LogP contribution in [0.1, 0.15) is 19.4 Å². The standard InChI is InChI=1S/C28H34N6S/c1-20(2)18-32-26(29)25(28(35)30-3)27(34(4)23-10-6-5-7-11-23)33-19-21-13-15-22(16-14-21)24-12-8-9-17-31-24/h5-17,20,33H,18-19H2,1-4H3,(H2,29,32)(H,30,35)/b27-25-. The van der Waals surface area contributed by atoms with Crippen LogP contribution in [0.4, 0.5) is 5.69 Å². The average Bonchev–Trinajstić information content (AvgIpc) is 2.90. The van der Waals surface area contributed by atoms with Gasteiger partial charge in [0.15, 0.2) is 0 Å². The van der Waals surface area contributed by atoms with E-state index in [0.29, 0.717) is 35.4 Å². The number of nitrogens with one attached hydrogen (secondary N) is 2. The predicted octanol–water partition coefficient (Wildman–Crippen LogP) is 4.75. The quantitative estimate of drug-likeness (QED) is 0.166. The highest BCUT2D eigenvalue weighted by atomic mass is 32.1. The second kappa shape index (κ2) is 12.7.